The third-order valence-corrected chi connectivity index (χ3v) is 1.29. The van der Waals surface area contributed by atoms with Crippen LogP contribution in [0.1, 0.15) is 18.6 Å². The van der Waals surface area contributed by atoms with Crippen molar-refractivity contribution in [1.82, 2.24) is 4.98 Å². The molecule has 0 aliphatic carbocycles. The Morgan fingerprint density at radius 1 is 1.64 bits per heavy atom. The maximum atomic E-state index is 9.06. The molecule has 0 radical (unpaired) electrons. The number of nitrogen functional groups attached to an aromatic ring is 1. The number of hydrogen-bond acceptors (Lipinski definition) is 3. The van der Waals surface area contributed by atoms with Gasteiger partial charge >= 0.3 is 0 Å². The fourth-order valence-electron chi connectivity index (χ4n) is 0.725. The highest BCUT2D eigenvalue weighted by molar-refractivity contribution is 5.85. The van der Waals surface area contributed by atoms with Gasteiger partial charge in [-0.1, -0.05) is 0 Å². The first-order chi connectivity index (χ1) is 4.70. The monoisotopic (exact) mass is 174 g/mol. The second-order valence-corrected chi connectivity index (χ2v) is 2.19. The summed E-state index contributed by atoms with van der Waals surface area (Å²) in [4.78, 5) is 3.79. The molecule has 0 aromatic carbocycles. The third-order valence-electron chi connectivity index (χ3n) is 1.29. The van der Waals surface area contributed by atoms with Gasteiger partial charge in [0.25, 0.3) is 0 Å². The topological polar surface area (TPSA) is 59.1 Å². The first-order valence-corrected chi connectivity index (χ1v) is 3.09. The summed E-state index contributed by atoms with van der Waals surface area (Å²) >= 11 is 0. The number of hydrogen-bond donors (Lipinski definition) is 2. The van der Waals surface area contributed by atoms with E-state index in [4.69, 9.17) is 10.8 Å². The average Bonchev–Trinajstić information content (AvgIpc) is 1.88. The quantitative estimate of drug-likeness (QED) is 0.671. The normalized spacial score (nSPS) is 11.8. The van der Waals surface area contributed by atoms with Crippen molar-refractivity contribution in [2.24, 2.45) is 0 Å². The van der Waals surface area contributed by atoms with E-state index in [0.717, 1.165) is 5.56 Å². The van der Waals surface area contributed by atoms with Crippen molar-refractivity contribution in [1.29, 1.82) is 0 Å². The third kappa shape index (κ3) is 2.74. The number of aliphatic hydroxyl groups is 1. The van der Waals surface area contributed by atoms with Crippen molar-refractivity contribution in [3.05, 3.63) is 23.9 Å². The molecule has 62 valence electrons. The zero-order valence-corrected chi connectivity index (χ0v) is 7.01. The summed E-state index contributed by atoms with van der Waals surface area (Å²) in [5.41, 5.74) is 6.17. The van der Waals surface area contributed by atoms with Crippen LogP contribution in [0.15, 0.2) is 18.3 Å². The van der Waals surface area contributed by atoms with Gasteiger partial charge in [-0.2, -0.15) is 0 Å². The number of nitrogens with zero attached hydrogens (tertiary/aromatic N) is 1. The van der Waals surface area contributed by atoms with Crippen molar-refractivity contribution in [2.45, 2.75) is 13.0 Å². The molecule has 0 saturated carbocycles. The van der Waals surface area contributed by atoms with Gasteiger partial charge in [-0.05, 0) is 24.6 Å². The summed E-state index contributed by atoms with van der Waals surface area (Å²) in [5.74, 6) is 0.443. The summed E-state index contributed by atoms with van der Waals surface area (Å²) in [6.07, 6.45) is 1.11. The molecule has 4 heteroatoms. The minimum absolute atomic E-state index is 0. The van der Waals surface area contributed by atoms with Crippen molar-refractivity contribution >= 4 is 18.2 Å². The van der Waals surface area contributed by atoms with Gasteiger partial charge in [0.05, 0.1) is 6.10 Å². The van der Waals surface area contributed by atoms with Crippen molar-refractivity contribution in [2.75, 3.05) is 5.73 Å². The van der Waals surface area contributed by atoms with Gasteiger partial charge in [-0.25, -0.2) is 4.98 Å². The Balaban J connectivity index is 0.000001000. The van der Waals surface area contributed by atoms with Crippen LogP contribution in [0.2, 0.25) is 0 Å². The lowest BCUT2D eigenvalue weighted by Crippen LogP contribution is -1.95. The lowest BCUT2D eigenvalue weighted by molar-refractivity contribution is 0.199. The zero-order chi connectivity index (χ0) is 7.56. The number of halogens is 1. The van der Waals surface area contributed by atoms with Crippen LogP contribution in [-0.2, 0) is 0 Å². The second-order valence-electron chi connectivity index (χ2n) is 2.19. The zero-order valence-electron chi connectivity index (χ0n) is 6.19. The van der Waals surface area contributed by atoms with E-state index in [1.54, 1.807) is 25.3 Å². The molecule has 0 amide bonds. The molecule has 1 aromatic heterocycles. The Labute approximate surface area is 71.7 Å². The van der Waals surface area contributed by atoms with Gasteiger partial charge in [-0.3, -0.25) is 0 Å². The number of pyridine rings is 1. The van der Waals surface area contributed by atoms with E-state index in [-0.39, 0.29) is 12.4 Å². The Morgan fingerprint density at radius 2 is 2.27 bits per heavy atom. The number of rotatable bonds is 1. The van der Waals surface area contributed by atoms with E-state index < -0.39 is 6.10 Å². The van der Waals surface area contributed by atoms with Gasteiger partial charge in [0.15, 0.2) is 0 Å². The van der Waals surface area contributed by atoms with E-state index in [2.05, 4.69) is 4.98 Å². The lowest BCUT2D eigenvalue weighted by Gasteiger charge is -2.02. The van der Waals surface area contributed by atoms with Gasteiger partial charge in [0.1, 0.15) is 5.82 Å². The maximum absolute atomic E-state index is 9.06. The Hall–Kier alpha value is -0.800. The molecule has 3 nitrogen and oxygen atoms in total. The van der Waals surface area contributed by atoms with Crippen LogP contribution >= 0.6 is 12.4 Å². The fraction of sp³-hybridized carbons (Fsp3) is 0.286. The summed E-state index contributed by atoms with van der Waals surface area (Å²) in [7, 11) is 0. The molecule has 0 aliphatic rings. The second kappa shape index (κ2) is 4.16. The highest BCUT2D eigenvalue weighted by Crippen LogP contribution is 2.11. The van der Waals surface area contributed by atoms with Crippen molar-refractivity contribution < 1.29 is 5.11 Å². The highest BCUT2D eigenvalue weighted by Gasteiger charge is 1.98. The molecule has 0 spiro atoms. The van der Waals surface area contributed by atoms with Gasteiger partial charge in [-0.15, -0.1) is 12.4 Å². The summed E-state index contributed by atoms with van der Waals surface area (Å²) in [6, 6.07) is 3.39. The van der Waals surface area contributed by atoms with E-state index in [1.165, 1.54) is 0 Å². The Bertz CT molecular complexity index is 227. The van der Waals surface area contributed by atoms with Crippen LogP contribution in [0, 0.1) is 0 Å². The fourth-order valence-corrected chi connectivity index (χ4v) is 0.725. The van der Waals surface area contributed by atoms with E-state index >= 15 is 0 Å². The number of aliphatic hydroxyl groups excluding tert-OH is 1. The molecule has 11 heavy (non-hydrogen) atoms. The first-order valence-electron chi connectivity index (χ1n) is 3.09. The Kier molecular flexibility index (Phi) is 3.85. The van der Waals surface area contributed by atoms with Crippen molar-refractivity contribution in [3.8, 4) is 0 Å². The van der Waals surface area contributed by atoms with Crippen LogP contribution in [0.4, 0.5) is 5.82 Å². The Morgan fingerprint density at radius 3 is 2.64 bits per heavy atom. The van der Waals surface area contributed by atoms with Gasteiger partial charge < -0.3 is 10.8 Å². The average molecular weight is 175 g/mol. The molecule has 1 heterocycles. The summed E-state index contributed by atoms with van der Waals surface area (Å²) in [5, 5.41) is 9.06. The summed E-state index contributed by atoms with van der Waals surface area (Å²) in [6.45, 7) is 1.69. The highest BCUT2D eigenvalue weighted by atomic mass is 35.5. The molecule has 0 fully saturated rings. The smallest absolute Gasteiger partial charge is 0.123 e. The number of aromatic nitrogens is 1. The molecule has 1 aromatic rings. The SMILES string of the molecule is CC(O)c1ccnc(N)c1.Cl. The van der Waals surface area contributed by atoms with Crippen LogP contribution in [0.3, 0.4) is 0 Å². The minimum Gasteiger partial charge on any atom is -0.389 e. The van der Waals surface area contributed by atoms with E-state index in [9.17, 15) is 0 Å². The molecule has 1 unspecified atom stereocenters. The summed E-state index contributed by atoms with van der Waals surface area (Å²) < 4.78 is 0. The van der Waals surface area contributed by atoms with Crippen LogP contribution in [0.25, 0.3) is 0 Å². The molecule has 1 rings (SSSR count). The maximum Gasteiger partial charge on any atom is 0.123 e. The molecule has 0 aliphatic heterocycles. The molecule has 0 saturated heterocycles. The predicted molar refractivity (Wildman–Crippen MR) is 46.5 cm³/mol. The van der Waals surface area contributed by atoms with Crippen molar-refractivity contribution in [3.63, 3.8) is 0 Å². The standard InChI is InChI=1S/C7H10N2O.ClH/c1-5(10)6-2-3-9-7(8)4-6;/h2-5,10H,1H3,(H2,8,9);1H. The lowest BCUT2D eigenvalue weighted by atomic mass is 10.2. The van der Waals surface area contributed by atoms with Gasteiger partial charge in [0.2, 0.25) is 0 Å². The van der Waals surface area contributed by atoms with Gasteiger partial charge in [0, 0.05) is 6.20 Å². The molecule has 3 N–H and O–H groups in total. The minimum atomic E-state index is -0.467. The largest absolute Gasteiger partial charge is 0.389 e. The van der Waals surface area contributed by atoms with Crippen LogP contribution < -0.4 is 5.73 Å². The molecule has 1 atom stereocenters. The first kappa shape index (κ1) is 10.2. The van der Waals surface area contributed by atoms with E-state index in [1.807, 2.05) is 0 Å². The molecular weight excluding hydrogens is 164 g/mol. The number of anilines is 1. The number of nitrogens with two attached hydrogens (primary N) is 1. The molecule has 0 bridgehead atoms. The predicted octanol–water partition coefficient (Wildman–Crippen LogP) is 1.14. The van der Waals surface area contributed by atoms with Crippen LogP contribution in [-0.4, -0.2) is 10.1 Å². The molecular formula is C7H11ClN2O. The van der Waals surface area contributed by atoms with Crippen LogP contribution in [0.5, 0.6) is 0 Å². The van der Waals surface area contributed by atoms with E-state index in [0.29, 0.717) is 5.82 Å².